The fourth-order valence-electron chi connectivity index (χ4n) is 2.59. The van der Waals surface area contributed by atoms with E-state index >= 15 is 0 Å². The van der Waals surface area contributed by atoms with Crippen LogP contribution in [0.2, 0.25) is 0 Å². The summed E-state index contributed by atoms with van der Waals surface area (Å²) in [5.74, 6) is 1.67. The highest BCUT2D eigenvalue weighted by atomic mass is 16.4. The van der Waals surface area contributed by atoms with E-state index in [2.05, 4.69) is 15.5 Å². The molecule has 7 nitrogen and oxygen atoms in total. The van der Waals surface area contributed by atoms with Crippen molar-refractivity contribution in [2.45, 2.75) is 18.9 Å². The second kappa shape index (κ2) is 8.44. The highest BCUT2D eigenvalue weighted by molar-refractivity contribution is 5.76. The van der Waals surface area contributed by atoms with Gasteiger partial charge in [-0.3, -0.25) is 9.69 Å². The van der Waals surface area contributed by atoms with Crippen LogP contribution in [0.5, 0.6) is 0 Å². The Kier molecular flexibility index (Phi) is 5.80. The summed E-state index contributed by atoms with van der Waals surface area (Å²) in [6.07, 6.45) is 2.32. The molecule has 0 radical (unpaired) electrons. The summed E-state index contributed by atoms with van der Waals surface area (Å²) in [6, 6.07) is 13.3. The number of rotatable bonds is 8. The van der Waals surface area contributed by atoms with Crippen molar-refractivity contribution in [1.82, 2.24) is 20.4 Å². The molecule has 3 aromatic rings. The Balaban J connectivity index is 1.49. The summed E-state index contributed by atoms with van der Waals surface area (Å²) < 4.78 is 11.1. The third-order valence-corrected chi connectivity index (χ3v) is 4.04. The average Bonchev–Trinajstić information content (AvgIpc) is 3.33. The van der Waals surface area contributed by atoms with Gasteiger partial charge in [0.15, 0.2) is 0 Å². The maximum atomic E-state index is 12.1. The summed E-state index contributed by atoms with van der Waals surface area (Å²) >= 11 is 0. The number of benzene rings is 1. The maximum Gasteiger partial charge on any atom is 0.247 e. The van der Waals surface area contributed by atoms with Gasteiger partial charge in [-0.05, 0) is 38.4 Å². The van der Waals surface area contributed by atoms with Crippen molar-refractivity contribution >= 4 is 5.91 Å². The van der Waals surface area contributed by atoms with Crippen LogP contribution in [0, 0.1) is 0 Å². The number of amides is 1. The molecule has 0 aliphatic rings. The van der Waals surface area contributed by atoms with Crippen LogP contribution in [0.3, 0.4) is 0 Å². The Hall–Kier alpha value is -2.93. The number of aryl methyl sites for hydroxylation is 1. The number of hydrogen-bond acceptors (Lipinski definition) is 6. The van der Waals surface area contributed by atoms with E-state index in [1.165, 1.54) is 0 Å². The van der Waals surface area contributed by atoms with Crippen LogP contribution in [0.25, 0.3) is 11.5 Å². The van der Waals surface area contributed by atoms with Gasteiger partial charge >= 0.3 is 0 Å². The third kappa shape index (κ3) is 4.58. The number of nitrogens with zero attached hydrogens (tertiary/aromatic N) is 3. The zero-order valence-electron chi connectivity index (χ0n) is 14.9. The van der Waals surface area contributed by atoms with E-state index in [0.717, 1.165) is 11.3 Å². The van der Waals surface area contributed by atoms with Crippen molar-refractivity contribution < 1.29 is 13.6 Å². The van der Waals surface area contributed by atoms with E-state index in [9.17, 15) is 4.79 Å². The van der Waals surface area contributed by atoms with Gasteiger partial charge in [0.2, 0.25) is 17.7 Å². The molecule has 136 valence electrons. The molecular weight excluding hydrogens is 332 g/mol. The summed E-state index contributed by atoms with van der Waals surface area (Å²) in [7, 11) is 3.89. The fourth-order valence-corrected chi connectivity index (χ4v) is 2.59. The molecular formula is C19H22N4O3. The molecule has 0 saturated heterocycles. The normalized spacial score (nSPS) is 12.3. The predicted molar refractivity (Wildman–Crippen MR) is 96.2 cm³/mol. The molecule has 0 spiro atoms. The van der Waals surface area contributed by atoms with Gasteiger partial charge in [-0.25, -0.2) is 0 Å². The van der Waals surface area contributed by atoms with Crippen LogP contribution in [0.15, 0.2) is 57.6 Å². The van der Waals surface area contributed by atoms with Crippen molar-refractivity contribution in [3.05, 3.63) is 60.4 Å². The molecule has 26 heavy (non-hydrogen) atoms. The molecule has 0 fully saturated rings. The van der Waals surface area contributed by atoms with Crippen molar-refractivity contribution in [2.24, 2.45) is 0 Å². The minimum absolute atomic E-state index is 0.0120. The van der Waals surface area contributed by atoms with Gasteiger partial charge in [0.25, 0.3) is 0 Å². The fraction of sp³-hybridized carbons (Fsp3) is 0.316. The van der Waals surface area contributed by atoms with Crippen LogP contribution in [-0.4, -0.2) is 41.6 Å². The van der Waals surface area contributed by atoms with Gasteiger partial charge in [0, 0.05) is 24.9 Å². The first-order valence-electron chi connectivity index (χ1n) is 8.48. The zero-order valence-corrected chi connectivity index (χ0v) is 14.9. The van der Waals surface area contributed by atoms with E-state index in [1.54, 1.807) is 6.26 Å². The first-order valence-corrected chi connectivity index (χ1v) is 8.48. The van der Waals surface area contributed by atoms with Gasteiger partial charge < -0.3 is 14.2 Å². The molecule has 1 aromatic carbocycles. The van der Waals surface area contributed by atoms with Crippen molar-refractivity contribution in [3.8, 4) is 11.5 Å². The Morgan fingerprint density at radius 3 is 2.65 bits per heavy atom. The first-order chi connectivity index (χ1) is 12.6. The standard InChI is InChI=1S/C19H22N4O3/c1-23(2)15(16-9-6-12-25-16)13-20-17(24)10-11-18-21-22-19(26-18)14-7-4-3-5-8-14/h3-9,12,15H,10-11,13H2,1-2H3,(H,20,24). The topological polar surface area (TPSA) is 84.4 Å². The van der Waals surface area contributed by atoms with Gasteiger partial charge in [-0.2, -0.15) is 0 Å². The molecule has 2 aromatic heterocycles. The predicted octanol–water partition coefficient (Wildman–Crippen LogP) is 2.68. The van der Waals surface area contributed by atoms with Crippen LogP contribution in [0.4, 0.5) is 0 Å². The second-order valence-electron chi connectivity index (χ2n) is 6.17. The van der Waals surface area contributed by atoms with Crippen molar-refractivity contribution in [3.63, 3.8) is 0 Å². The number of carbonyl (C=O) groups excluding carboxylic acids is 1. The number of hydrogen-bond donors (Lipinski definition) is 1. The van der Waals surface area contributed by atoms with Crippen LogP contribution in [-0.2, 0) is 11.2 Å². The summed E-state index contributed by atoms with van der Waals surface area (Å²) in [5, 5.41) is 11.0. The lowest BCUT2D eigenvalue weighted by atomic mass is 10.2. The van der Waals surface area contributed by atoms with Gasteiger partial charge in [0.05, 0.1) is 12.3 Å². The van der Waals surface area contributed by atoms with E-state index < -0.39 is 0 Å². The average molecular weight is 354 g/mol. The number of aromatic nitrogens is 2. The monoisotopic (exact) mass is 354 g/mol. The quantitative estimate of drug-likeness (QED) is 0.669. The minimum atomic E-state index is -0.0668. The third-order valence-electron chi connectivity index (χ3n) is 4.04. The van der Waals surface area contributed by atoms with E-state index in [-0.39, 0.29) is 18.4 Å². The lowest BCUT2D eigenvalue weighted by Gasteiger charge is -2.22. The number of furan rings is 1. The van der Waals surface area contributed by atoms with Gasteiger partial charge in [-0.15, -0.1) is 10.2 Å². The first kappa shape index (κ1) is 17.9. The second-order valence-corrected chi connectivity index (χ2v) is 6.17. The Bertz CT molecular complexity index is 812. The lowest BCUT2D eigenvalue weighted by molar-refractivity contribution is -0.121. The van der Waals surface area contributed by atoms with E-state index in [0.29, 0.717) is 24.7 Å². The molecule has 0 bridgehead atoms. The highest BCUT2D eigenvalue weighted by Gasteiger charge is 2.18. The molecule has 3 rings (SSSR count). The lowest BCUT2D eigenvalue weighted by Crippen LogP contribution is -2.34. The van der Waals surface area contributed by atoms with Crippen molar-refractivity contribution in [2.75, 3.05) is 20.6 Å². The number of carbonyl (C=O) groups is 1. The smallest absolute Gasteiger partial charge is 0.247 e. The Labute approximate surface area is 152 Å². The highest BCUT2D eigenvalue weighted by Crippen LogP contribution is 2.18. The van der Waals surface area contributed by atoms with Gasteiger partial charge in [-0.1, -0.05) is 18.2 Å². The molecule has 1 N–H and O–H groups in total. The molecule has 1 atom stereocenters. The largest absolute Gasteiger partial charge is 0.468 e. The molecule has 1 amide bonds. The summed E-state index contributed by atoms with van der Waals surface area (Å²) in [4.78, 5) is 14.1. The molecule has 1 unspecified atom stereocenters. The summed E-state index contributed by atoms with van der Waals surface area (Å²) in [6.45, 7) is 0.471. The molecule has 0 aliphatic heterocycles. The molecule has 2 heterocycles. The maximum absolute atomic E-state index is 12.1. The number of likely N-dealkylation sites (N-methyl/N-ethyl adjacent to an activating group) is 1. The zero-order chi connectivity index (χ0) is 18.4. The molecule has 0 saturated carbocycles. The Morgan fingerprint density at radius 1 is 1.15 bits per heavy atom. The van der Waals surface area contributed by atoms with Crippen LogP contribution in [0.1, 0.15) is 24.1 Å². The molecule has 7 heteroatoms. The van der Waals surface area contributed by atoms with E-state index in [4.69, 9.17) is 8.83 Å². The Morgan fingerprint density at radius 2 is 1.96 bits per heavy atom. The van der Waals surface area contributed by atoms with Crippen LogP contribution < -0.4 is 5.32 Å². The molecule has 0 aliphatic carbocycles. The SMILES string of the molecule is CN(C)C(CNC(=O)CCc1nnc(-c2ccccc2)o1)c1ccco1. The van der Waals surface area contributed by atoms with Crippen LogP contribution >= 0.6 is 0 Å². The van der Waals surface area contributed by atoms with E-state index in [1.807, 2.05) is 61.5 Å². The number of nitrogens with one attached hydrogen (secondary N) is 1. The van der Waals surface area contributed by atoms with Crippen molar-refractivity contribution in [1.29, 1.82) is 0 Å². The minimum Gasteiger partial charge on any atom is -0.468 e. The van der Waals surface area contributed by atoms with Gasteiger partial charge in [0.1, 0.15) is 5.76 Å². The summed E-state index contributed by atoms with van der Waals surface area (Å²) in [5.41, 5.74) is 0.864.